The Labute approximate surface area is 194 Å². The van der Waals surface area contributed by atoms with Gasteiger partial charge < -0.3 is 24.3 Å². The molecule has 0 saturated heterocycles. The molecule has 3 aromatic rings. The summed E-state index contributed by atoms with van der Waals surface area (Å²) in [7, 11) is 4.43. The summed E-state index contributed by atoms with van der Waals surface area (Å²) in [6, 6.07) is 10.3. The monoisotopic (exact) mass is 476 g/mol. The van der Waals surface area contributed by atoms with Gasteiger partial charge in [0.05, 0.1) is 27.0 Å². The number of hydrogen-bond donors (Lipinski definition) is 1. The van der Waals surface area contributed by atoms with E-state index in [-0.39, 0.29) is 0 Å². The van der Waals surface area contributed by atoms with E-state index in [1.54, 1.807) is 37.3 Å². The lowest BCUT2D eigenvalue weighted by Gasteiger charge is -2.14. The number of amides is 1. The van der Waals surface area contributed by atoms with Crippen molar-refractivity contribution in [1.82, 2.24) is 4.98 Å². The lowest BCUT2D eigenvalue weighted by atomic mass is 10.2. The second kappa shape index (κ2) is 10.3. The van der Waals surface area contributed by atoms with Crippen LogP contribution in [0, 0.1) is 6.92 Å². The maximum atomic E-state index is 12.5. The normalized spacial score (nSPS) is 10.4. The van der Waals surface area contributed by atoms with Crippen molar-refractivity contribution in [2.75, 3.05) is 33.3 Å². The van der Waals surface area contributed by atoms with Crippen LogP contribution >= 0.6 is 22.9 Å². The minimum absolute atomic E-state index is 0.320. The summed E-state index contributed by atoms with van der Waals surface area (Å²) in [4.78, 5) is 29.6. The number of carbonyl (C=O) groups is 2. The molecule has 0 spiro atoms. The maximum Gasteiger partial charge on any atom is 0.350 e. The molecule has 0 aliphatic heterocycles. The topological polar surface area (TPSA) is 96.0 Å². The Morgan fingerprint density at radius 3 is 2.34 bits per heavy atom. The Morgan fingerprint density at radius 2 is 1.75 bits per heavy atom. The van der Waals surface area contributed by atoms with Gasteiger partial charge in [0.25, 0.3) is 5.91 Å². The van der Waals surface area contributed by atoms with Gasteiger partial charge in [0.2, 0.25) is 5.75 Å². The summed E-state index contributed by atoms with van der Waals surface area (Å²) < 4.78 is 21.0. The number of ether oxygens (including phenoxy) is 4. The van der Waals surface area contributed by atoms with Crippen molar-refractivity contribution in [1.29, 1.82) is 0 Å². The van der Waals surface area contributed by atoms with Crippen LogP contribution in [0.3, 0.4) is 0 Å². The minimum atomic E-state index is -0.631. The van der Waals surface area contributed by atoms with Crippen LogP contribution in [0.2, 0.25) is 5.02 Å². The van der Waals surface area contributed by atoms with E-state index in [0.717, 1.165) is 5.56 Å². The second-order valence-corrected chi connectivity index (χ2v) is 7.92. The van der Waals surface area contributed by atoms with Crippen LogP contribution in [0.1, 0.15) is 15.4 Å². The van der Waals surface area contributed by atoms with Crippen LogP contribution in [0.4, 0.5) is 5.69 Å². The molecule has 10 heteroatoms. The van der Waals surface area contributed by atoms with E-state index >= 15 is 0 Å². The number of hydrogen-bond acceptors (Lipinski definition) is 8. The van der Waals surface area contributed by atoms with Crippen molar-refractivity contribution in [3.63, 3.8) is 0 Å². The first kappa shape index (κ1) is 23.4. The van der Waals surface area contributed by atoms with E-state index < -0.39 is 18.5 Å². The van der Waals surface area contributed by atoms with E-state index in [2.05, 4.69) is 10.3 Å². The molecule has 2 aromatic carbocycles. The van der Waals surface area contributed by atoms with Gasteiger partial charge in [-0.25, -0.2) is 9.78 Å². The van der Waals surface area contributed by atoms with Crippen molar-refractivity contribution < 1.29 is 28.5 Å². The largest absolute Gasteiger partial charge is 0.493 e. The molecule has 0 radical (unpaired) electrons. The summed E-state index contributed by atoms with van der Waals surface area (Å²) in [6.07, 6.45) is 0. The zero-order valence-electron chi connectivity index (χ0n) is 17.9. The van der Waals surface area contributed by atoms with Gasteiger partial charge in [-0.15, -0.1) is 11.3 Å². The van der Waals surface area contributed by atoms with Gasteiger partial charge in [-0.2, -0.15) is 0 Å². The molecule has 1 N–H and O–H groups in total. The molecule has 0 saturated carbocycles. The SMILES string of the molecule is COc1cc(NC(=O)COC(=O)c2sc(-c3cccc(Cl)c3)nc2C)cc(OC)c1OC. The predicted molar refractivity (Wildman–Crippen MR) is 122 cm³/mol. The lowest BCUT2D eigenvalue weighted by molar-refractivity contribution is -0.119. The summed E-state index contributed by atoms with van der Waals surface area (Å²) in [6.45, 7) is 1.23. The molecule has 3 rings (SSSR count). The molecule has 0 unspecified atom stereocenters. The fourth-order valence-corrected chi connectivity index (χ4v) is 4.02. The first-order valence-electron chi connectivity index (χ1n) is 9.36. The number of nitrogens with zero attached hydrogens (tertiary/aromatic N) is 1. The van der Waals surface area contributed by atoms with Crippen LogP contribution in [0.5, 0.6) is 17.2 Å². The van der Waals surface area contributed by atoms with Gasteiger partial charge in [0.1, 0.15) is 9.88 Å². The number of anilines is 1. The van der Waals surface area contributed by atoms with E-state index in [4.69, 9.17) is 30.5 Å². The van der Waals surface area contributed by atoms with Gasteiger partial charge in [0, 0.05) is 28.4 Å². The Morgan fingerprint density at radius 1 is 1.06 bits per heavy atom. The number of methoxy groups -OCH3 is 3. The van der Waals surface area contributed by atoms with Crippen molar-refractivity contribution in [2.24, 2.45) is 0 Å². The standard InChI is InChI=1S/C22H21ClN2O6S/c1-12-20(32-21(24-12)13-6-5-7-14(23)8-13)22(27)31-11-18(26)25-15-9-16(28-2)19(30-4)17(10-15)29-3/h5-10H,11H2,1-4H3,(H,25,26). The molecule has 1 amide bonds. The quantitative estimate of drug-likeness (QED) is 0.475. The lowest BCUT2D eigenvalue weighted by Crippen LogP contribution is -2.21. The fraction of sp³-hybridized carbons (Fsp3) is 0.227. The van der Waals surface area contributed by atoms with Crippen molar-refractivity contribution >= 4 is 40.5 Å². The molecule has 0 fully saturated rings. The number of esters is 1. The molecular formula is C22H21ClN2O6S. The number of carbonyl (C=O) groups excluding carboxylic acids is 2. The zero-order valence-corrected chi connectivity index (χ0v) is 19.4. The van der Waals surface area contributed by atoms with Crippen molar-refractivity contribution in [2.45, 2.75) is 6.92 Å². The molecule has 168 valence electrons. The molecule has 8 nitrogen and oxygen atoms in total. The maximum absolute atomic E-state index is 12.5. The number of benzene rings is 2. The highest BCUT2D eigenvalue weighted by Crippen LogP contribution is 2.40. The average molecular weight is 477 g/mol. The van der Waals surface area contributed by atoms with E-state index in [9.17, 15) is 9.59 Å². The van der Waals surface area contributed by atoms with Crippen molar-refractivity contribution in [3.05, 3.63) is 52.0 Å². The van der Waals surface area contributed by atoms with Gasteiger partial charge in [-0.05, 0) is 19.1 Å². The molecule has 0 bridgehead atoms. The number of aromatic nitrogens is 1. The molecular weight excluding hydrogens is 456 g/mol. The Kier molecular flexibility index (Phi) is 7.55. The van der Waals surface area contributed by atoms with E-state index in [1.807, 2.05) is 6.07 Å². The summed E-state index contributed by atoms with van der Waals surface area (Å²) in [5, 5.41) is 3.85. The van der Waals surface area contributed by atoms with E-state index in [1.165, 1.54) is 32.7 Å². The minimum Gasteiger partial charge on any atom is -0.493 e. The van der Waals surface area contributed by atoms with E-state index in [0.29, 0.717) is 43.5 Å². The highest BCUT2D eigenvalue weighted by atomic mass is 35.5. The van der Waals surface area contributed by atoms with Gasteiger partial charge in [-0.1, -0.05) is 23.7 Å². The highest BCUT2D eigenvalue weighted by molar-refractivity contribution is 7.17. The molecule has 32 heavy (non-hydrogen) atoms. The summed E-state index contributed by atoms with van der Waals surface area (Å²) in [5.41, 5.74) is 1.71. The van der Waals surface area contributed by atoms with Crippen LogP contribution < -0.4 is 19.5 Å². The van der Waals surface area contributed by atoms with Crippen molar-refractivity contribution in [3.8, 4) is 27.8 Å². The number of thiazole rings is 1. The first-order valence-corrected chi connectivity index (χ1v) is 10.6. The number of nitrogens with one attached hydrogen (secondary N) is 1. The zero-order chi connectivity index (χ0) is 23.3. The fourth-order valence-electron chi connectivity index (χ4n) is 2.88. The first-order chi connectivity index (χ1) is 15.4. The third-order valence-electron chi connectivity index (χ3n) is 4.34. The Bertz CT molecular complexity index is 1120. The van der Waals surface area contributed by atoms with Gasteiger partial charge >= 0.3 is 5.97 Å². The third kappa shape index (κ3) is 5.30. The van der Waals surface area contributed by atoms with Gasteiger partial charge in [-0.3, -0.25) is 4.79 Å². The molecule has 1 heterocycles. The smallest absolute Gasteiger partial charge is 0.350 e. The van der Waals surface area contributed by atoms with Crippen LogP contribution in [-0.4, -0.2) is 44.8 Å². The molecule has 1 aromatic heterocycles. The Balaban J connectivity index is 1.66. The average Bonchev–Trinajstić information content (AvgIpc) is 3.18. The number of halogens is 1. The third-order valence-corrected chi connectivity index (χ3v) is 5.76. The summed E-state index contributed by atoms with van der Waals surface area (Å²) >= 11 is 7.20. The highest BCUT2D eigenvalue weighted by Gasteiger charge is 2.20. The van der Waals surface area contributed by atoms with Crippen LogP contribution in [0.15, 0.2) is 36.4 Å². The number of rotatable bonds is 8. The van der Waals surface area contributed by atoms with Gasteiger partial charge in [0.15, 0.2) is 18.1 Å². The van der Waals surface area contributed by atoms with Crippen LogP contribution in [-0.2, 0) is 9.53 Å². The molecule has 0 atom stereocenters. The molecule has 0 aliphatic rings. The number of aryl methyl sites for hydroxylation is 1. The second-order valence-electron chi connectivity index (χ2n) is 6.48. The predicted octanol–water partition coefficient (Wildman–Crippen LogP) is 4.59. The summed E-state index contributed by atoms with van der Waals surface area (Å²) in [5.74, 6) is 0.00901. The molecule has 0 aliphatic carbocycles. The Hall–Kier alpha value is -3.30. The van der Waals surface area contributed by atoms with Crippen LogP contribution in [0.25, 0.3) is 10.6 Å².